The number of hydrogen-bond acceptors (Lipinski definition) is 15. The van der Waals surface area contributed by atoms with Gasteiger partial charge in [0.25, 0.3) is 5.91 Å². The van der Waals surface area contributed by atoms with Crippen LogP contribution in [0.2, 0.25) is 0 Å². The first-order valence-electron chi connectivity index (χ1n) is 48.1. The van der Waals surface area contributed by atoms with Gasteiger partial charge in [-0.25, -0.2) is 69.8 Å². The molecule has 0 saturated heterocycles. The normalized spacial score (nSPS) is 11.2. The van der Waals surface area contributed by atoms with Gasteiger partial charge in [-0.2, -0.15) is 0 Å². The number of fused-ring (bicyclic) bond motifs is 11. The fourth-order valence-electron chi connectivity index (χ4n) is 18.9. The number of amides is 1. The van der Waals surface area contributed by atoms with Gasteiger partial charge in [0, 0.05) is 136 Å². The Morgan fingerprint density at radius 2 is 0.401 bits per heavy atom. The van der Waals surface area contributed by atoms with E-state index in [-0.39, 0.29) is 5.91 Å². The molecule has 0 aliphatic heterocycles. The van der Waals surface area contributed by atoms with E-state index in [1.807, 2.05) is 303 Å². The lowest BCUT2D eigenvalue weighted by molar-refractivity contribution is 0.102. The van der Waals surface area contributed by atoms with Crippen LogP contribution in [0.4, 0.5) is 5.69 Å². The van der Waals surface area contributed by atoms with Crippen LogP contribution in [0, 0.1) is 0 Å². The van der Waals surface area contributed by atoms with Crippen LogP contribution in [-0.4, -0.2) is 75.7 Å². The zero-order valence-electron chi connectivity index (χ0n) is 78.6. The molecule has 0 spiro atoms. The van der Waals surface area contributed by atoms with E-state index in [9.17, 15) is 4.79 Å². The predicted molar refractivity (Wildman–Crippen MR) is 602 cm³/mol. The lowest BCUT2D eigenvalue weighted by atomic mass is 9.92. The van der Waals surface area contributed by atoms with Crippen molar-refractivity contribution in [3.05, 3.63) is 500 Å². The van der Waals surface area contributed by atoms with Gasteiger partial charge in [0.1, 0.15) is 0 Å². The van der Waals surface area contributed by atoms with Crippen LogP contribution in [0.25, 0.3) is 246 Å². The highest BCUT2D eigenvalue weighted by atomic mass is 79.9. The summed E-state index contributed by atoms with van der Waals surface area (Å²) in [5, 5.41) is 16.0. The number of hydrogen-bond donors (Lipinski definition) is 1. The average Bonchev–Trinajstić information content (AvgIpc) is 0.727. The number of rotatable bonds is 17. The minimum Gasteiger partial charge on any atom is -0.321 e. The number of halogens is 2. The van der Waals surface area contributed by atoms with E-state index in [1.54, 1.807) is 12.1 Å². The van der Waals surface area contributed by atoms with E-state index in [0.717, 1.165) is 185 Å². The quantitative estimate of drug-likeness (QED) is 0.0841. The van der Waals surface area contributed by atoms with Gasteiger partial charge in [-0.3, -0.25) is 4.79 Å². The summed E-state index contributed by atoms with van der Waals surface area (Å²) in [7, 11) is 0. The Bertz CT molecular complexity index is 9220. The third kappa shape index (κ3) is 18.7. The van der Waals surface area contributed by atoms with Gasteiger partial charge < -0.3 is 5.32 Å². The van der Waals surface area contributed by atoms with Crippen LogP contribution >= 0.6 is 31.9 Å². The van der Waals surface area contributed by atoms with Crippen molar-refractivity contribution in [1.82, 2.24) is 69.8 Å². The Balaban J connectivity index is 0.000000120. The van der Waals surface area contributed by atoms with Crippen molar-refractivity contribution in [1.29, 1.82) is 0 Å². The van der Waals surface area contributed by atoms with Crippen molar-refractivity contribution in [2.75, 3.05) is 5.32 Å². The topological polar surface area (TPSA) is 210 Å². The summed E-state index contributed by atoms with van der Waals surface area (Å²) in [6.45, 7) is 0. The van der Waals surface area contributed by atoms with Crippen LogP contribution in [-0.2, 0) is 0 Å². The molecule has 1 amide bonds. The second-order valence-electron chi connectivity index (χ2n) is 35.2. The van der Waals surface area contributed by atoms with E-state index in [2.05, 4.69) is 207 Å². The Morgan fingerprint density at radius 3 is 0.735 bits per heavy atom. The summed E-state index contributed by atoms with van der Waals surface area (Å²) in [6, 6.07) is 163. The molecular weight excluding hydrogens is 1940 g/mol. The monoisotopic (exact) mass is 2010 g/mol. The number of para-hydroxylation sites is 3. The maximum atomic E-state index is 13.2. The second-order valence-corrected chi connectivity index (χ2v) is 37.0. The van der Waals surface area contributed by atoms with Crippen molar-refractivity contribution in [2.45, 2.75) is 0 Å². The Morgan fingerprint density at radius 1 is 0.170 bits per heavy atom. The van der Waals surface area contributed by atoms with E-state index < -0.39 is 0 Å². The van der Waals surface area contributed by atoms with Crippen LogP contribution in [0.5, 0.6) is 0 Å². The Hall–Kier alpha value is -19.0. The molecule has 0 aliphatic carbocycles. The molecular formula is C129H81Br2N15O. The SMILES string of the molecule is Brc1ccc(-c2nc3ccccc3c3c2cc(-c2nc(-c4ccccc4)nc(-c4ccccc4)n2)c2ccccc23)cc1.O=C(Nc1ccccc1-c1ccc(-c2nc(-c3ccccc3)nc(-c3ccccc3)n2)c2ccccc12)c1ccc(Br)cc1.c1ccc(-c2nc(-c3ccccc3)nc(-c3ccc(-c4nc5ccccc5c5c4cc(-c4nc(-c6ccccc6)nc(-c6ccccc6)n4)c4ccccc45)cc3)n2)cc1. The van der Waals surface area contributed by atoms with E-state index >= 15 is 0 Å². The number of nitrogens with zero attached hydrogens (tertiary/aromatic N) is 14. The molecule has 26 rings (SSSR count). The molecule has 1 N–H and O–H groups in total. The largest absolute Gasteiger partial charge is 0.321 e. The van der Waals surface area contributed by atoms with Crippen molar-refractivity contribution >= 4 is 119 Å². The molecule has 0 bridgehead atoms. The van der Waals surface area contributed by atoms with Crippen molar-refractivity contribution in [3.8, 4) is 170 Å². The summed E-state index contributed by atoms with van der Waals surface area (Å²) in [6.07, 6.45) is 0. The number of benzene rings is 20. The number of nitrogens with one attached hydrogen (secondary N) is 1. The molecule has 6 aromatic heterocycles. The summed E-state index contributed by atoms with van der Waals surface area (Å²) in [5.74, 6) is 7.20. The maximum absolute atomic E-state index is 13.2. The highest BCUT2D eigenvalue weighted by Crippen LogP contribution is 2.47. The first kappa shape index (κ1) is 90.5. The number of pyridine rings is 2. The van der Waals surface area contributed by atoms with E-state index in [4.69, 9.17) is 69.8 Å². The molecule has 0 fully saturated rings. The summed E-state index contributed by atoms with van der Waals surface area (Å²) in [5.41, 5.74) is 19.9. The first-order chi connectivity index (χ1) is 72.6. The van der Waals surface area contributed by atoms with Gasteiger partial charge in [-0.05, 0) is 111 Å². The standard InChI is InChI=1S/C53H33N7.C38H25BrN4O.C38H23BrN4/c1-5-17-35(18-6-1)48-55-49(36-19-7-2-8-20-36)57-52(56-48)39-31-29-34(30-32-39)47-44-33-43(40-25-13-14-26-41(40)46(44)42-27-15-16-28-45(42)54-47)53-59-50(37-21-9-3-10-22-37)58-51(60-53)38-23-11-4-12-24-38;39-28-21-19-27(20-22-28)38(44)40-34-18-10-9-17-32(34)31-23-24-33(30-16-8-7-15-29(30)31)37-42-35(25-11-3-1-4-12-25)41-36(43-37)26-13-5-2-6-14-26;39-27-21-19-24(20-22-27)35-32-23-31(28-15-7-8-16-29(28)34(32)30-17-9-10-18-33(30)40-35)38-42-36(25-11-3-1-4-12-25)41-37(43-38)26-13-5-2-6-14-26/h1-33H;1-24H,(H,40,44);1-23H. The zero-order valence-corrected chi connectivity index (χ0v) is 81.8. The van der Waals surface area contributed by atoms with Gasteiger partial charge in [0.05, 0.1) is 22.4 Å². The molecule has 692 valence electrons. The molecule has 6 heterocycles. The van der Waals surface area contributed by atoms with Crippen LogP contribution in [0.15, 0.2) is 494 Å². The summed E-state index contributed by atoms with van der Waals surface area (Å²) >= 11 is 7.03. The van der Waals surface area contributed by atoms with E-state index in [1.165, 1.54) is 5.39 Å². The highest BCUT2D eigenvalue weighted by molar-refractivity contribution is 9.10. The number of aromatic nitrogens is 14. The van der Waals surface area contributed by atoms with Gasteiger partial charge in [0.2, 0.25) is 0 Å². The molecule has 147 heavy (non-hydrogen) atoms. The molecule has 26 aromatic rings. The number of carbonyl (C=O) groups excluding carboxylic acids is 1. The molecule has 20 aromatic carbocycles. The number of anilines is 1. The molecule has 0 saturated carbocycles. The lowest BCUT2D eigenvalue weighted by Gasteiger charge is -2.16. The minimum atomic E-state index is -0.169. The average molecular weight is 2020 g/mol. The fraction of sp³-hybridized carbons (Fsp3) is 0. The predicted octanol–water partition coefficient (Wildman–Crippen LogP) is 32.4. The smallest absolute Gasteiger partial charge is 0.255 e. The van der Waals surface area contributed by atoms with Gasteiger partial charge in [0.15, 0.2) is 69.9 Å². The molecule has 0 aliphatic rings. The highest BCUT2D eigenvalue weighted by Gasteiger charge is 2.26. The van der Waals surface area contributed by atoms with Gasteiger partial charge in [-0.1, -0.05) is 444 Å². The molecule has 0 radical (unpaired) electrons. The van der Waals surface area contributed by atoms with Gasteiger partial charge >= 0.3 is 0 Å². The molecule has 0 atom stereocenters. The maximum Gasteiger partial charge on any atom is 0.255 e. The third-order valence-electron chi connectivity index (χ3n) is 26.0. The van der Waals surface area contributed by atoms with Crippen LogP contribution in [0.1, 0.15) is 10.4 Å². The van der Waals surface area contributed by atoms with Crippen molar-refractivity contribution in [2.24, 2.45) is 0 Å². The Labute approximate surface area is 862 Å². The van der Waals surface area contributed by atoms with Gasteiger partial charge in [-0.15, -0.1) is 0 Å². The summed E-state index contributed by atoms with van der Waals surface area (Å²) in [4.78, 5) is 83.7. The molecule has 0 unspecified atom stereocenters. The fourth-order valence-corrected chi connectivity index (χ4v) is 19.4. The minimum absolute atomic E-state index is 0.169. The zero-order chi connectivity index (χ0) is 98.5. The number of carbonyl (C=O) groups is 1. The van der Waals surface area contributed by atoms with Crippen molar-refractivity contribution < 1.29 is 4.79 Å². The lowest BCUT2D eigenvalue weighted by Crippen LogP contribution is -2.12. The second kappa shape index (κ2) is 40.5. The van der Waals surface area contributed by atoms with Crippen LogP contribution in [0.3, 0.4) is 0 Å². The van der Waals surface area contributed by atoms with E-state index in [0.29, 0.717) is 75.5 Å². The molecule has 16 nitrogen and oxygen atoms in total. The van der Waals surface area contributed by atoms with Crippen molar-refractivity contribution in [3.63, 3.8) is 0 Å². The third-order valence-corrected chi connectivity index (χ3v) is 27.0. The first-order valence-corrected chi connectivity index (χ1v) is 49.7. The molecule has 18 heteroatoms. The summed E-state index contributed by atoms with van der Waals surface area (Å²) < 4.78 is 1.95. The Kier molecular flexibility index (Phi) is 25.0. The van der Waals surface area contributed by atoms with Crippen LogP contribution < -0.4 is 5.32 Å².